The van der Waals surface area contributed by atoms with E-state index in [9.17, 15) is 0 Å². The van der Waals surface area contributed by atoms with Crippen LogP contribution in [-0.4, -0.2) is 5.91 Å². The highest BCUT2D eigenvalue weighted by atomic mass is 35.5. The summed E-state index contributed by atoms with van der Waals surface area (Å²) in [7, 11) is 0. The Morgan fingerprint density at radius 2 is 1.29 bits per heavy atom. The molecule has 7 rings (SSSR count). The summed E-state index contributed by atoms with van der Waals surface area (Å²) in [4.78, 5) is 18.0. The number of anilines is 1. The standard InChI is InChI=1S/C36H26ClNO2S/c37-29-22-20-25(21-23-29)32-24-36(28-16-8-3-9-17-28)38(30-18-10-11-19-31(30)41-32)35(39)33(26-12-4-1-5-13-26)34(40-36)27-14-6-2-7-15-27/h1-23,32H,24H2/t32-,36-/m1/s1. The van der Waals surface area contributed by atoms with E-state index in [0.717, 1.165) is 32.8 Å². The Labute approximate surface area is 249 Å². The topological polar surface area (TPSA) is 29.5 Å². The zero-order chi connectivity index (χ0) is 27.8. The molecule has 200 valence electrons. The van der Waals surface area contributed by atoms with Gasteiger partial charge in [-0.25, -0.2) is 0 Å². The van der Waals surface area contributed by atoms with E-state index >= 15 is 4.79 Å². The van der Waals surface area contributed by atoms with Crippen molar-refractivity contribution < 1.29 is 9.53 Å². The van der Waals surface area contributed by atoms with Crippen molar-refractivity contribution in [2.75, 3.05) is 4.90 Å². The molecule has 0 spiro atoms. The maximum atomic E-state index is 15.1. The van der Waals surface area contributed by atoms with E-state index in [2.05, 4.69) is 30.3 Å². The Kier molecular flexibility index (Phi) is 6.66. The number of hydrogen-bond acceptors (Lipinski definition) is 3. The van der Waals surface area contributed by atoms with Crippen LogP contribution in [0, 0.1) is 0 Å². The van der Waals surface area contributed by atoms with Crippen LogP contribution in [0.3, 0.4) is 0 Å². The monoisotopic (exact) mass is 571 g/mol. The zero-order valence-corrected chi connectivity index (χ0v) is 23.7. The second kappa shape index (κ2) is 10.6. The molecule has 3 nitrogen and oxygen atoms in total. The second-order valence-corrected chi connectivity index (χ2v) is 11.8. The number of ether oxygens (including phenoxy) is 1. The van der Waals surface area contributed by atoms with Gasteiger partial charge in [-0.05, 0) is 35.4 Å². The van der Waals surface area contributed by atoms with Crippen LogP contribution in [0.15, 0.2) is 144 Å². The highest BCUT2D eigenvalue weighted by molar-refractivity contribution is 7.99. The van der Waals surface area contributed by atoms with Crippen LogP contribution in [0.25, 0.3) is 11.3 Å². The first-order chi connectivity index (χ1) is 20.1. The largest absolute Gasteiger partial charge is 0.462 e. The second-order valence-electron chi connectivity index (χ2n) is 10.2. The summed E-state index contributed by atoms with van der Waals surface area (Å²) >= 11 is 8.04. The van der Waals surface area contributed by atoms with E-state index in [1.54, 1.807) is 11.8 Å². The highest BCUT2D eigenvalue weighted by Crippen LogP contribution is 2.58. The molecule has 41 heavy (non-hydrogen) atoms. The van der Waals surface area contributed by atoms with Gasteiger partial charge in [0, 0.05) is 32.7 Å². The molecule has 0 fully saturated rings. The number of carbonyl (C=O) groups is 1. The average molecular weight is 572 g/mol. The minimum absolute atomic E-state index is 0.0123. The maximum Gasteiger partial charge on any atom is 0.266 e. The Morgan fingerprint density at radius 1 is 0.707 bits per heavy atom. The molecule has 5 aromatic rings. The molecule has 0 aliphatic carbocycles. The van der Waals surface area contributed by atoms with Gasteiger partial charge < -0.3 is 4.74 Å². The normalized spacial score (nSPS) is 20.1. The van der Waals surface area contributed by atoms with Gasteiger partial charge in [0.1, 0.15) is 5.76 Å². The van der Waals surface area contributed by atoms with Crippen molar-refractivity contribution >= 4 is 46.3 Å². The first-order valence-electron chi connectivity index (χ1n) is 13.6. The fourth-order valence-electron chi connectivity index (χ4n) is 5.78. The third kappa shape index (κ3) is 4.54. The highest BCUT2D eigenvalue weighted by Gasteiger charge is 2.54. The zero-order valence-electron chi connectivity index (χ0n) is 22.1. The number of carbonyl (C=O) groups excluding carboxylic acids is 1. The molecule has 0 unspecified atom stereocenters. The lowest BCUT2D eigenvalue weighted by Gasteiger charge is -2.48. The van der Waals surface area contributed by atoms with Crippen molar-refractivity contribution in [2.24, 2.45) is 0 Å². The molecular formula is C36H26ClNO2S. The van der Waals surface area contributed by atoms with Gasteiger partial charge in [0.05, 0.1) is 11.3 Å². The smallest absolute Gasteiger partial charge is 0.266 e. The predicted octanol–water partition coefficient (Wildman–Crippen LogP) is 9.36. The molecule has 0 saturated carbocycles. The number of para-hydroxylation sites is 1. The third-order valence-electron chi connectivity index (χ3n) is 7.68. The molecule has 1 amide bonds. The van der Waals surface area contributed by atoms with E-state index in [1.165, 1.54) is 0 Å². The van der Waals surface area contributed by atoms with Crippen molar-refractivity contribution in [3.8, 4) is 0 Å². The first-order valence-corrected chi connectivity index (χ1v) is 14.9. The van der Waals surface area contributed by atoms with Crippen molar-refractivity contribution in [3.05, 3.63) is 167 Å². The van der Waals surface area contributed by atoms with Crippen LogP contribution in [0.1, 0.15) is 33.9 Å². The molecule has 5 aromatic carbocycles. The van der Waals surface area contributed by atoms with Crippen molar-refractivity contribution in [1.82, 2.24) is 0 Å². The van der Waals surface area contributed by atoms with E-state index in [4.69, 9.17) is 16.3 Å². The molecule has 0 aromatic heterocycles. The number of nitrogens with zero attached hydrogens (tertiary/aromatic N) is 1. The average Bonchev–Trinajstić information content (AvgIpc) is 3.18. The SMILES string of the molecule is O=C1C(c2ccccc2)=C(c2ccccc2)O[C@@]2(c3ccccc3)C[C@H](c3ccc(Cl)cc3)Sc3ccccc3N12. The van der Waals surface area contributed by atoms with Gasteiger partial charge in [-0.1, -0.05) is 127 Å². The molecule has 2 aliphatic heterocycles. The van der Waals surface area contributed by atoms with Crippen LogP contribution < -0.4 is 4.90 Å². The summed E-state index contributed by atoms with van der Waals surface area (Å²) in [5.74, 6) is 0.496. The fraction of sp³-hybridized carbons (Fsp3) is 0.0833. The Balaban J connectivity index is 1.54. The first kappa shape index (κ1) is 25.7. The molecule has 0 bridgehead atoms. The Bertz CT molecular complexity index is 1740. The fourth-order valence-corrected chi connectivity index (χ4v) is 7.26. The van der Waals surface area contributed by atoms with Crippen LogP contribution in [0.2, 0.25) is 5.02 Å². The summed E-state index contributed by atoms with van der Waals surface area (Å²) in [6, 6.07) is 46.1. The molecule has 0 radical (unpaired) electrons. The number of hydrogen-bond donors (Lipinski definition) is 0. The van der Waals surface area contributed by atoms with Gasteiger partial charge >= 0.3 is 0 Å². The third-order valence-corrected chi connectivity index (χ3v) is 9.25. The maximum absolute atomic E-state index is 15.1. The minimum atomic E-state index is -1.11. The van der Waals surface area contributed by atoms with Crippen molar-refractivity contribution in [3.63, 3.8) is 0 Å². The van der Waals surface area contributed by atoms with Crippen LogP contribution in [0.4, 0.5) is 5.69 Å². The van der Waals surface area contributed by atoms with E-state index < -0.39 is 5.72 Å². The Morgan fingerprint density at radius 3 is 1.98 bits per heavy atom. The summed E-state index contributed by atoms with van der Waals surface area (Å²) in [5, 5.41) is 0.680. The van der Waals surface area contributed by atoms with Crippen LogP contribution in [0.5, 0.6) is 0 Å². The lowest BCUT2D eigenvalue weighted by molar-refractivity contribution is -0.120. The summed E-state index contributed by atoms with van der Waals surface area (Å²) < 4.78 is 7.35. The Hall–Kier alpha value is -4.25. The summed E-state index contributed by atoms with van der Waals surface area (Å²) in [5.41, 5.74) is 4.01. The van der Waals surface area contributed by atoms with E-state index in [0.29, 0.717) is 22.8 Å². The van der Waals surface area contributed by atoms with Gasteiger partial charge in [0.25, 0.3) is 5.91 Å². The number of benzene rings is 5. The van der Waals surface area contributed by atoms with Crippen LogP contribution in [-0.2, 0) is 15.3 Å². The number of halogens is 1. The number of thioether (sulfide) groups is 1. The van der Waals surface area contributed by atoms with Crippen molar-refractivity contribution in [1.29, 1.82) is 0 Å². The number of rotatable bonds is 4. The molecule has 2 aliphatic rings. The van der Waals surface area contributed by atoms with Gasteiger partial charge in [-0.3, -0.25) is 9.69 Å². The predicted molar refractivity (Wildman–Crippen MR) is 167 cm³/mol. The van der Waals surface area contributed by atoms with Gasteiger partial charge in [-0.15, -0.1) is 11.8 Å². The van der Waals surface area contributed by atoms with E-state index in [1.807, 2.05) is 114 Å². The summed E-state index contributed by atoms with van der Waals surface area (Å²) in [6.07, 6.45) is 0.530. The van der Waals surface area contributed by atoms with Crippen LogP contribution >= 0.6 is 23.4 Å². The quantitative estimate of drug-likeness (QED) is 0.215. The molecule has 0 saturated heterocycles. The van der Waals surface area contributed by atoms with Gasteiger partial charge in [-0.2, -0.15) is 0 Å². The number of amides is 1. The minimum Gasteiger partial charge on any atom is -0.462 e. The van der Waals surface area contributed by atoms with Gasteiger partial charge in [0.15, 0.2) is 0 Å². The number of fused-ring (bicyclic) bond motifs is 3. The molecule has 0 N–H and O–H groups in total. The molecular weight excluding hydrogens is 546 g/mol. The van der Waals surface area contributed by atoms with Crippen molar-refractivity contribution in [2.45, 2.75) is 22.3 Å². The van der Waals surface area contributed by atoms with Gasteiger partial charge in [0.2, 0.25) is 5.72 Å². The van der Waals surface area contributed by atoms with E-state index in [-0.39, 0.29) is 11.2 Å². The molecule has 2 atom stereocenters. The lowest BCUT2D eigenvalue weighted by Crippen LogP contribution is -2.55. The molecule has 2 heterocycles. The summed E-state index contributed by atoms with van der Waals surface area (Å²) in [6.45, 7) is 0. The molecule has 5 heteroatoms. The lowest BCUT2D eigenvalue weighted by atomic mass is 9.87.